The van der Waals surface area contributed by atoms with E-state index >= 15 is 0 Å². The van der Waals surface area contributed by atoms with E-state index in [2.05, 4.69) is 10.6 Å². The van der Waals surface area contributed by atoms with Crippen LogP contribution in [0.4, 0.5) is 0 Å². The Morgan fingerprint density at radius 2 is 2.00 bits per heavy atom. The SMILES string of the molecule is CC(=O)NCCN1CC(C(=O)NC(C)CCc2ccc(Cl)c(Cl)c2)=C(O)C1=O. The fourth-order valence-electron chi connectivity index (χ4n) is 2.80. The van der Waals surface area contributed by atoms with Gasteiger partial charge in [-0.1, -0.05) is 29.3 Å². The van der Waals surface area contributed by atoms with E-state index in [0.29, 0.717) is 22.9 Å². The second-order valence-electron chi connectivity index (χ2n) is 6.70. The molecule has 0 aromatic heterocycles. The minimum atomic E-state index is -0.612. The number of benzene rings is 1. The second-order valence-corrected chi connectivity index (χ2v) is 7.51. The Morgan fingerprint density at radius 1 is 1.29 bits per heavy atom. The van der Waals surface area contributed by atoms with Gasteiger partial charge in [0.05, 0.1) is 22.2 Å². The summed E-state index contributed by atoms with van der Waals surface area (Å²) in [6.07, 6.45) is 1.34. The lowest BCUT2D eigenvalue weighted by molar-refractivity contribution is -0.128. The smallest absolute Gasteiger partial charge is 0.289 e. The Bertz CT molecular complexity index is 810. The molecule has 2 rings (SSSR count). The van der Waals surface area contributed by atoms with Crippen LogP contribution in [0, 0.1) is 0 Å². The van der Waals surface area contributed by atoms with Crippen LogP contribution in [0.25, 0.3) is 0 Å². The molecule has 1 unspecified atom stereocenters. The van der Waals surface area contributed by atoms with Crippen molar-refractivity contribution in [3.63, 3.8) is 0 Å². The van der Waals surface area contributed by atoms with E-state index in [4.69, 9.17) is 23.2 Å². The molecule has 0 bridgehead atoms. The number of halogens is 2. The van der Waals surface area contributed by atoms with Crippen LogP contribution in [-0.4, -0.2) is 53.4 Å². The van der Waals surface area contributed by atoms with E-state index in [1.165, 1.54) is 11.8 Å². The van der Waals surface area contributed by atoms with Gasteiger partial charge in [0.2, 0.25) is 5.91 Å². The fourth-order valence-corrected chi connectivity index (χ4v) is 3.13. The minimum Gasteiger partial charge on any atom is -0.503 e. The number of aliphatic hydroxyl groups is 1. The number of hydrogen-bond acceptors (Lipinski definition) is 4. The summed E-state index contributed by atoms with van der Waals surface area (Å²) >= 11 is 11.9. The van der Waals surface area contributed by atoms with Crippen LogP contribution in [0.1, 0.15) is 25.8 Å². The van der Waals surface area contributed by atoms with Crippen LogP contribution >= 0.6 is 23.2 Å². The summed E-state index contributed by atoms with van der Waals surface area (Å²) in [5, 5.41) is 16.3. The molecule has 1 aromatic rings. The van der Waals surface area contributed by atoms with E-state index < -0.39 is 17.6 Å². The summed E-state index contributed by atoms with van der Waals surface area (Å²) in [5.41, 5.74) is 1.03. The van der Waals surface area contributed by atoms with Crippen molar-refractivity contribution in [1.82, 2.24) is 15.5 Å². The van der Waals surface area contributed by atoms with Crippen LogP contribution in [0.15, 0.2) is 29.5 Å². The van der Waals surface area contributed by atoms with Gasteiger partial charge in [0, 0.05) is 26.1 Å². The summed E-state index contributed by atoms with van der Waals surface area (Å²) in [4.78, 5) is 36.7. The van der Waals surface area contributed by atoms with Gasteiger partial charge in [-0.3, -0.25) is 14.4 Å². The maximum absolute atomic E-state index is 12.4. The molecule has 3 N–H and O–H groups in total. The van der Waals surface area contributed by atoms with Crippen LogP contribution in [0.3, 0.4) is 0 Å². The number of carbonyl (C=O) groups is 3. The summed E-state index contributed by atoms with van der Waals surface area (Å²) in [6, 6.07) is 5.21. The van der Waals surface area contributed by atoms with Gasteiger partial charge in [-0.2, -0.15) is 0 Å². The topological polar surface area (TPSA) is 98.7 Å². The Morgan fingerprint density at radius 3 is 2.64 bits per heavy atom. The fraction of sp³-hybridized carbons (Fsp3) is 0.421. The summed E-state index contributed by atoms with van der Waals surface area (Å²) in [7, 11) is 0. The summed E-state index contributed by atoms with van der Waals surface area (Å²) in [5.74, 6) is -1.84. The number of amides is 3. The third kappa shape index (κ3) is 5.87. The van der Waals surface area contributed by atoms with Crippen molar-refractivity contribution in [3.8, 4) is 0 Å². The van der Waals surface area contributed by atoms with Crippen LogP contribution in [0.5, 0.6) is 0 Å². The summed E-state index contributed by atoms with van der Waals surface area (Å²) in [6.45, 7) is 3.70. The van der Waals surface area contributed by atoms with Crippen molar-refractivity contribution in [2.45, 2.75) is 32.7 Å². The van der Waals surface area contributed by atoms with Crippen molar-refractivity contribution < 1.29 is 19.5 Å². The van der Waals surface area contributed by atoms with Gasteiger partial charge in [-0.15, -0.1) is 0 Å². The highest BCUT2D eigenvalue weighted by Crippen LogP contribution is 2.23. The molecule has 0 aliphatic carbocycles. The Balaban J connectivity index is 1.86. The molecule has 1 atom stereocenters. The molecule has 9 heteroatoms. The standard InChI is InChI=1S/C19H23Cl2N3O4/c1-11(3-4-13-5-6-15(20)16(21)9-13)23-18(27)14-10-24(19(28)17(14)26)8-7-22-12(2)25/h5-6,9,11,26H,3-4,7-8,10H2,1-2H3,(H,22,25)(H,23,27). The van der Waals surface area contributed by atoms with Gasteiger partial charge in [-0.05, 0) is 37.5 Å². The lowest BCUT2D eigenvalue weighted by atomic mass is 10.1. The molecule has 152 valence electrons. The minimum absolute atomic E-state index is 0.00952. The zero-order chi connectivity index (χ0) is 20.8. The first-order chi connectivity index (χ1) is 13.2. The zero-order valence-corrected chi connectivity index (χ0v) is 17.2. The molecule has 7 nitrogen and oxygen atoms in total. The van der Waals surface area contributed by atoms with Crippen molar-refractivity contribution in [2.75, 3.05) is 19.6 Å². The largest absolute Gasteiger partial charge is 0.503 e. The highest BCUT2D eigenvalue weighted by molar-refractivity contribution is 6.42. The number of carbonyl (C=O) groups excluding carboxylic acids is 3. The van der Waals surface area contributed by atoms with Crippen LogP contribution in [0.2, 0.25) is 10.0 Å². The van der Waals surface area contributed by atoms with Crippen molar-refractivity contribution in [3.05, 3.63) is 45.1 Å². The number of aryl methyl sites for hydroxylation is 1. The molecule has 0 saturated carbocycles. The van der Waals surface area contributed by atoms with Gasteiger partial charge in [-0.25, -0.2) is 0 Å². The molecule has 1 heterocycles. The Hall–Kier alpha value is -2.25. The molecule has 1 aromatic carbocycles. The first kappa shape index (κ1) is 22.0. The first-order valence-electron chi connectivity index (χ1n) is 8.89. The van der Waals surface area contributed by atoms with Crippen molar-refractivity contribution in [1.29, 1.82) is 0 Å². The molecule has 0 saturated heterocycles. The predicted molar refractivity (Wildman–Crippen MR) is 107 cm³/mol. The lowest BCUT2D eigenvalue weighted by Crippen LogP contribution is -2.38. The Kier molecular flexibility index (Phi) is 7.71. The average molecular weight is 428 g/mol. The van der Waals surface area contributed by atoms with E-state index in [1.54, 1.807) is 12.1 Å². The van der Waals surface area contributed by atoms with Crippen molar-refractivity contribution >= 4 is 40.9 Å². The molecule has 1 aliphatic rings. The summed E-state index contributed by atoms with van der Waals surface area (Å²) < 4.78 is 0. The Labute approximate surface area is 173 Å². The highest BCUT2D eigenvalue weighted by Gasteiger charge is 2.33. The third-order valence-electron chi connectivity index (χ3n) is 4.38. The number of aliphatic hydroxyl groups excluding tert-OH is 1. The zero-order valence-electron chi connectivity index (χ0n) is 15.7. The van der Waals surface area contributed by atoms with Gasteiger partial charge in [0.15, 0.2) is 5.76 Å². The van der Waals surface area contributed by atoms with Crippen LogP contribution < -0.4 is 10.6 Å². The average Bonchev–Trinajstić information content (AvgIpc) is 2.91. The molecule has 3 amide bonds. The number of nitrogens with zero attached hydrogens (tertiary/aromatic N) is 1. The quantitative estimate of drug-likeness (QED) is 0.592. The highest BCUT2D eigenvalue weighted by atomic mass is 35.5. The van der Waals surface area contributed by atoms with E-state index in [-0.39, 0.29) is 37.2 Å². The second kappa shape index (κ2) is 9.80. The van der Waals surface area contributed by atoms with Gasteiger partial charge in [0.25, 0.3) is 11.8 Å². The molecular formula is C19H23Cl2N3O4. The molecule has 0 radical (unpaired) electrons. The predicted octanol–water partition coefficient (Wildman–Crippen LogP) is 2.22. The van der Waals surface area contributed by atoms with E-state index in [9.17, 15) is 19.5 Å². The lowest BCUT2D eigenvalue weighted by Gasteiger charge is -2.17. The van der Waals surface area contributed by atoms with E-state index in [1.807, 2.05) is 13.0 Å². The normalized spacial score (nSPS) is 15.0. The molecular weight excluding hydrogens is 405 g/mol. The monoisotopic (exact) mass is 427 g/mol. The molecule has 28 heavy (non-hydrogen) atoms. The third-order valence-corrected chi connectivity index (χ3v) is 5.12. The van der Waals surface area contributed by atoms with E-state index in [0.717, 1.165) is 5.56 Å². The molecule has 0 spiro atoms. The van der Waals surface area contributed by atoms with Crippen LogP contribution in [-0.2, 0) is 20.8 Å². The maximum atomic E-state index is 12.4. The first-order valence-corrected chi connectivity index (χ1v) is 9.65. The van der Waals surface area contributed by atoms with Gasteiger partial charge < -0.3 is 20.6 Å². The van der Waals surface area contributed by atoms with Crippen molar-refractivity contribution in [2.24, 2.45) is 0 Å². The number of hydrogen-bond donors (Lipinski definition) is 3. The number of rotatable bonds is 8. The number of nitrogens with one attached hydrogen (secondary N) is 2. The molecule has 1 aliphatic heterocycles. The van der Waals surface area contributed by atoms with Gasteiger partial charge >= 0.3 is 0 Å². The molecule has 0 fully saturated rings. The van der Waals surface area contributed by atoms with Gasteiger partial charge in [0.1, 0.15) is 0 Å². The maximum Gasteiger partial charge on any atom is 0.289 e.